The van der Waals surface area contributed by atoms with Crippen molar-refractivity contribution in [1.29, 1.82) is 0 Å². The van der Waals surface area contributed by atoms with Gasteiger partial charge in [-0.1, -0.05) is 0 Å². The summed E-state index contributed by atoms with van der Waals surface area (Å²) in [6.07, 6.45) is -4.84. The molecule has 2 rings (SSSR count). The zero-order valence-corrected chi connectivity index (χ0v) is 8.77. The molecule has 1 atom stereocenters. The SMILES string of the molecule is CC(Oc1cccn2nc(N)nc12)C(F)(F)F. The van der Waals surface area contributed by atoms with E-state index in [1.54, 1.807) is 0 Å². The van der Waals surface area contributed by atoms with Gasteiger partial charge in [-0.15, -0.1) is 5.10 Å². The Morgan fingerprint density at radius 3 is 2.82 bits per heavy atom. The van der Waals surface area contributed by atoms with E-state index >= 15 is 0 Å². The van der Waals surface area contributed by atoms with Crippen molar-refractivity contribution in [2.75, 3.05) is 5.73 Å². The van der Waals surface area contributed by atoms with Crippen molar-refractivity contribution in [3.8, 4) is 5.75 Å². The van der Waals surface area contributed by atoms with E-state index in [-0.39, 0.29) is 17.3 Å². The summed E-state index contributed by atoms with van der Waals surface area (Å²) in [6, 6.07) is 2.88. The zero-order valence-electron chi connectivity index (χ0n) is 8.77. The number of pyridine rings is 1. The van der Waals surface area contributed by atoms with Gasteiger partial charge >= 0.3 is 6.18 Å². The lowest BCUT2D eigenvalue weighted by atomic mass is 10.4. The Balaban J connectivity index is 2.36. The van der Waals surface area contributed by atoms with E-state index in [1.807, 2.05) is 0 Å². The average Bonchev–Trinajstić information content (AvgIpc) is 2.58. The van der Waals surface area contributed by atoms with E-state index in [1.165, 1.54) is 22.8 Å². The van der Waals surface area contributed by atoms with Crippen molar-refractivity contribution < 1.29 is 17.9 Å². The van der Waals surface area contributed by atoms with Crippen LogP contribution in [-0.2, 0) is 0 Å². The number of nitrogens with zero attached hydrogens (tertiary/aromatic N) is 3. The van der Waals surface area contributed by atoms with E-state index in [4.69, 9.17) is 10.5 Å². The molecule has 0 aliphatic rings. The van der Waals surface area contributed by atoms with Crippen molar-refractivity contribution in [2.45, 2.75) is 19.2 Å². The molecule has 0 bridgehead atoms. The summed E-state index contributed by atoms with van der Waals surface area (Å²) < 4.78 is 43.1. The van der Waals surface area contributed by atoms with E-state index in [0.717, 1.165) is 6.92 Å². The Morgan fingerprint density at radius 2 is 2.18 bits per heavy atom. The van der Waals surface area contributed by atoms with Crippen LogP contribution in [0.2, 0.25) is 0 Å². The molecule has 1 unspecified atom stereocenters. The Morgan fingerprint density at radius 1 is 1.47 bits per heavy atom. The van der Waals surface area contributed by atoms with Crippen LogP contribution < -0.4 is 10.5 Å². The molecule has 0 saturated carbocycles. The Kier molecular flexibility index (Phi) is 2.56. The number of ether oxygens (including phenoxy) is 1. The molecule has 0 radical (unpaired) electrons. The molecule has 0 aliphatic heterocycles. The summed E-state index contributed by atoms with van der Waals surface area (Å²) >= 11 is 0. The van der Waals surface area contributed by atoms with Crippen LogP contribution >= 0.6 is 0 Å². The van der Waals surface area contributed by atoms with Gasteiger partial charge in [0.2, 0.25) is 5.95 Å². The number of aromatic nitrogens is 3. The molecule has 0 fully saturated rings. The Bertz CT molecular complexity index is 537. The third-order valence-corrected chi connectivity index (χ3v) is 2.11. The van der Waals surface area contributed by atoms with E-state index < -0.39 is 12.3 Å². The molecule has 0 aliphatic carbocycles. The second-order valence-corrected chi connectivity index (χ2v) is 3.41. The standard InChI is InChI=1S/C9H9F3N4O/c1-5(9(10,11)12)17-6-3-2-4-16-7(6)14-8(13)15-16/h2-5H,1H3,(H2,13,15). The highest BCUT2D eigenvalue weighted by atomic mass is 19.4. The van der Waals surface area contributed by atoms with Gasteiger partial charge in [0.15, 0.2) is 17.5 Å². The highest BCUT2D eigenvalue weighted by Crippen LogP contribution is 2.26. The fraction of sp³-hybridized carbons (Fsp3) is 0.333. The molecule has 2 heterocycles. The van der Waals surface area contributed by atoms with Gasteiger partial charge in [-0.2, -0.15) is 18.2 Å². The van der Waals surface area contributed by atoms with Gasteiger partial charge in [0.25, 0.3) is 0 Å². The molecule has 0 spiro atoms. The van der Waals surface area contributed by atoms with Gasteiger partial charge in [-0.3, -0.25) is 0 Å². The number of nitrogen functional groups attached to an aromatic ring is 1. The van der Waals surface area contributed by atoms with Crippen molar-refractivity contribution >= 4 is 11.6 Å². The summed E-state index contributed by atoms with van der Waals surface area (Å²) in [7, 11) is 0. The molecule has 92 valence electrons. The molecule has 0 aromatic carbocycles. The maximum Gasteiger partial charge on any atom is 0.425 e. The van der Waals surface area contributed by atoms with Gasteiger partial charge in [0.1, 0.15) is 0 Å². The zero-order chi connectivity index (χ0) is 12.6. The minimum Gasteiger partial charge on any atom is -0.477 e. The van der Waals surface area contributed by atoms with E-state index in [2.05, 4.69) is 10.1 Å². The number of rotatable bonds is 2. The smallest absolute Gasteiger partial charge is 0.425 e. The van der Waals surface area contributed by atoms with Gasteiger partial charge < -0.3 is 10.5 Å². The van der Waals surface area contributed by atoms with Crippen LogP contribution in [0.4, 0.5) is 19.1 Å². The van der Waals surface area contributed by atoms with Crippen LogP contribution in [0.3, 0.4) is 0 Å². The van der Waals surface area contributed by atoms with Crippen molar-refractivity contribution in [2.24, 2.45) is 0 Å². The summed E-state index contributed by atoms with van der Waals surface area (Å²) in [5, 5.41) is 3.77. The second kappa shape index (κ2) is 3.79. The predicted molar refractivity (Wildman–Crippen MR) is 53.5 cm³/mol. The minimum atomic E-state index is -4.43. The Hall–Kier alpha value is -1.99. The van der Waals surface area contributed by atoms with Crippen LogP contribution in [0.15, 0.2) is 18.3 Å². The molecular weight excluding hydrogens is 237 g/mol. The molecule has 2 aromatic rings. The molecule has 8 heteroatoms. The maximum absolute atomic E-state index is 12.3. The highest BCUT2D eigenvalue weighted by Gasteiger charge is 2.38. The van der Waals surface area contributed by atoms with Crippen LogP contribution in [0.5, 0.6) is 5.75 Å². The quantitative estimate of drug-likeness (QED) is 0.874. The Labute approximate surface area is 94.0 Å². The van der Waals surface area contributed by atoms with Crippen LogP contribution in [0.25, 0.3) is 5.65 Å². The lowest BCUT2D eigenvalue weighted by molar-refractivity contribution is -0.189. The largest absolute Gasteiger partial charge is 0.477 e. The summed E-state index contributed by atoms with van der Waals surface area (Å²) in [6.45, 7) is 0.920. The average molecular weight is 246 g/mol. The summed E-state index contributed by atoms with van der Waals surface area (Å²) in [4.78, 5) is 3.79. The third-order valence-electron chi connectivity index (χ3n) is 2.11. The third kappa shape index (κ3) is 2.24. The molecule has 0 amide bonds. The predicted octanol–water partition coefficient (Wildman–Crippen LogP) is 1.64. The number of alkyl halides is 3. The lowest BCUT2D eigenvalue weighted by Crippen LogP contribution is -2.31. The van der Waals surface area contributed by atoms with Crippen LogP contribution in [0.1, 0.15) is 6.92 Å². The number of nitrogens with two attached hydrogens (primary N) is 1. The second-order valence-electron chi connectivity index (χ2n) is 3.41. The maximum atomic E-state index is 12.3. The van der Waals surface area contributed by atoms with Gasteiger partial charge in [0, 0.05) is 6.20 Å². The number of fused-ring (bicyclic) bond motifs is 1. The first kappa shape index (κ1) is 11.5. The van der Waals surface area contributed by atoms with Gasteiger partial charge in [0.05, 0.1) is 0 Å². The number of anilines is 1. The first-order valence-electron chi connectivity index (χ1n) is 4.72. The van der Waals surface area contributed by atoms with Crippen molar-refractivity contribution in [3.05, 3.63) is 18.3 Å². The van der Waals surface area contributed by atoms with Gasteiger partial charge in [-0.25, -0.2) is 4.52 Å². The monoisotopic (exact) mass is 246 g/mol. The van der Waals surface area contributed by atoms with E-state index in [0.29, 0.717) is 0 Å². The van der Waals surface area contributed by atoms with Crippen molar-refractivity contribution in [1.82, 2.24) is 14.6 Å². The fourth-order valence-electron chi connectivity index (χ4n) is 1.25. The lowest BCUT2D eigenvalue weighted by Gasteiger charge is -2.17. The summed E-state index contributed by atoms with van der Waals surface area (Å²) in [5.74, 6) is -0.0396. The number of hydrogen-bond donors (Lipinski definition) is 1. The first-order valence-corrected chi connectivity index (χ1v) is 4.72. The highest BCUT2D eigenvalue weighted by molar-refractivity contribution is 5.54. The fourth-order valence-corrected chi connectivity index (χ4v) is 1.25. The van der Waals surface area contributed by atoms with Crippen LogP contribution in [0, 0.1) is 0 Å². The number of halogens is 3. The molecule has 2 N–H and O–H groups in total. The van der Waals surface area contributed by atoms with Crippen molar-refractivity contribution in [3.63, 3.8) is 0 Å². The number of hydrogen-bond acceptors (Lipinski definition) is 4. The molecule has 2 aromatic heterocycles. The molecule has 17 heavy (non-hydrogen) atoms. The van der Waals surface area contributed by atoms with Gasteiger partial charge in [-0.05, 0) is 19.1 Å². The van der Waals surface area contributed by atoms with Crippen LogP contribution in [-0.4, -0.2) is 26.9 Å². The molecule has 5 nitrogen and oxygen atoms in total. The normalized spacial score (nSPS) is 13.9. The summed E-state index contributed by atoms with van der Waals surface area (Å²) in [5.41, 5.74) is 5.51. The van der Waals surface area contributed by atoms with E-state index in [9.17, 15) is 13.2 Å². The molecular formula is C9H9F3N4O. The molecule has 0 saturated heterocycles. The topological polar surface area (TPSA) is 65.4 Å². The minimum absolute atomic E-state index is 0.0125. The first-order chi connectivity index (χ1) is 7.88.